The van der Waals surface area contributed by atoms with Crippen LogP contribution in [0.4, 0.5) is 5.69 Å². The van der Waals surface area contributed by atoms with E-state index in [0.29, 0.717) is 29.3 Å². The number of nitrogens with one attached hydrogen (secondary N) is 1. The molecule has 0 unspecified atom stereocenters. The quantitative estimate of drug-likeness (QED) is 0.523. The highest BCUT2D eigenvalue weighted by Crippen LogP contribution is 2.35. The van der Waals surface area contributed by atoms with Gasteiger partial charge in [0.05, 0.1) is 17.7 Å². The first-order valence-electron chi connectivity index (χ1n) is 10.9. The van der Waals surface area contributed by atoms with Crippen LogP contribution in [-0.2, 0) is 16.6 Å². The summed E-state index contributed by atoms with van der Waals surface area (Å²) in [4.78, 5) is 15.2. The summed E-state index contributed by atoms with van der Waals surface area (Å²) >= 11 is 0. The molecular weight excluding hydrogens is 456 g/mol. The lowest BCUT2D eigenvalue weighted by Gasteiger charge is -2.23. The van der Waals surface area contributed by atoms with Crippen molar-refractivity contribution < 1.29 is 27.4 Å². The minimum Gasteiger partial charge on any atom is -0.497 e. The highest BCUT2D eigenvalue weighted by atomic mass is 32.2. The molecule has 0 radical (unpaired) electrons. The summed E-state index contributed by atoms with van der Waals surface area (Å²) in [6, 6.07) is 18.7. The minimum absolute atomic E-state index is 0.0104. The van der Waals surface area contributed by atoms with Crippen molar-refractivity contribution >= 4 is 21.6 Å². The predicted octanol–water partition coefficient (Wildman–Crippen LogP) is 4.03. The Hall–Kier alpha value is -3.72. The molecular formula is C25H24N2O6S. The Bertz CT molecular complexity index is 1320. The number of anilines is 1. The topological polar surface area (TPSA) is 94.2 Å². The fraction of sp³-hybridized carbons (Fsp3) is 0.240. The van der Waals surface area contributed by atoms with Gasteiger partial charge in [0.2, 0.25) is 6.79 Å². The second-order valence-corrected chi connectivity index (χ2v) is 9.90. The molecule has 34 heavy (non-hydrogen) atoms. The Morgan fingerprint density at radius 1 is 1.03 bits per heavy atom. The first-order valence-corrected chi connectivity index (χ1v) is 12.4. The van der Waals surface area contributed by atoms with Crippen molar-refractivity contribution in [3.63, 3.8) is 0 Å². The predicted molar refractivity (Wildman–Crippen MR) is 126 cm³/mol. The van der Waals surface area contributed by atoms with Gasteiger partial charge >= 0.3 is 0 Å². The Labute approximate surface area is 198 Å². The third-order valence-corrected chi connectivity index (χ3v) is 7.16. The van der Waals surface area contributed by atoms with Crippen molar-refractivity contribution in [1.82, 2.24) is 4.90 Å². The van der Waals surface area contributed by atoms with Crippen LogP contribution < -0.4 is 18.9 Å². The molecule has 2 aliphatic rings. The van der Waals surface area contributed by atoms with Crippen molar-refractivity contribution in [3.8, 4) is 17.2 Å². The molecule has 1 amide bonds. The maximum absolute atomic E-state index is 13.4. The van der Waals surface area contributed by atoms with Crippen molar-refractivity contribution in [2.24, 2.45) is 0 Å². The second kappa shape index (κ2) is 8.90. The number of fused-ring (bicyclic) bond motifs is 1. The molecule has 0 aromatic heterocycles. The average Bonchev–Trinajstić information content (AvgIpc) is 3.59. The standard InChI is InChI=1S/C25H24N2O6S/c1-31-21-10-5-17(6-11-21)15-27(20-8-9-20)25(28)18-3-2-4-22(13-18)34(29,30)26-19-7-12-23-24(14-19)33-16-32-23/h2-7,10-14,20,26H,8-9,15-16H2,1H3. The zero-order valence-electron chi connectivity index (χ0n) is 18.6. The third-order valence-electron chi connectivity index (χ3n) is 5.78. The van der Waals surface area contributed by atoms with Crippen LogP contribution in [0.15, 0.2) is 71.6 Å². The summed E-state index contributed by atoms with van der Waals surface area (Å²) in [5.41, 5.74) is 1.66. The van der Waals surface area contributed by atoms with Gasteiger partial charge in [0.1, 0.15) is 5.75 Å². The Kier molecular flexibility index (Phi) is 5.79. The molecule has 176 valence electrons. The summed E-state index contributed by atoms with van der Waals surface area (Å²) in [5.74, 6) is 1.59. The van der Waals surface area contributed by atoms with E-state index < -0.39 is 10.0 Å². The van der Waals surface area contributed by atoms with Gasteiger partial charge in [-0.25, -0.2) is 8.42 Å². The van der Waals surface area contributed by atoms with Gasteiger partial charge in [-0.1, -0.05) is 18.2 Å². The fourth-order valence-electron chi connectivity index (χ4n) is 3.82. The molecule has 1 heterocycles. The molecule has 1 aliphatic heterocycles. The Balaban J connectivity index is 1.35. The van der Waals surface area contributed by atoms with Crippen molar-refractivity contribution in [2.75, 3.05) is 18.6 Å². The van der Waals surface area contributed by atoms with Gasteiger partial charge in [0.15, 0.2) is 11.5 Å². The van der Waals surface area contributed by atoms with Crippen molar-refractivity contribution in [1.29, 1.82) is 0 Å². The zero-order valence-corrected chi connectivity index (χ0v) is 19.4. The number of rotatable bonds is 8. The van der Waals surface area contributed by atoms with E-state index in [0.717, 1.165) is 24.2 Å². The van der Waals surface area contributed by atoms with Crippen LogP contribution in [0.25, 0.3) is 0 Å². The van der Waals surface area contributed by atoms with Gasteiger partial charge in [0, 0.05) is 24.2 Å². The van der Waals surface area contributed by atoms with Crippen LogP contribution in [0.3, 0.4) is 0 Å². The maximum Gasteiger partial charge on any atom is 0.261 e. The first kappa shape index (κ1) is 22.1. The molecule has 1 fully saturated rings. The number of carbonyl (C=O) groups excluding carboxylic acids is 1. The summed E-state index contributed by atoms with van der Waals surface area (Å²) < 4.78 is 44.4. The molecule has 3 aromatic rings. The van der Waals surface area contributed by atoms with E-state index in [2.05, 4.69) is 4.72 Å². The monoisotopic (exact) mass is 480 g/mol. The molecule has 0 spiro atoms. The van der Waals surface area contributed by atoms with Gasteiger partial charge in [-0.2, -0.15) is 0 Å². The zero-order chi connectivity index (χ0) is 23.7. The Morgan fingerprint density at radius 3 is 2.53 bits per heavy atom. The fourth-order valence-corrected chi connectivity index (χ4v) is 4.91. The van der Waals surface area contributed by atoms with Gasteiger partial charge in [0.25, 0.3) is 15.9 Å². The first-order chi connectivity index (χ1) is 16.4. The minimum atomic E-state index is -3.91. The molecule has 0 saturated heterocycles. The van der Waals surface area contributed by atoms with E-state index >= 15 is 0 Å². The number of amides is 1. The second-order valence-electron chi connectivity index (χ2n) is 8.21. The normalized spacial score (nSPS) is 14.5. The van der Waals surface area contributed by atoms with Crippen molar-refractivity contribution in [3.05, 3.63) is 77.9 Å². The third kappa shape index (κ3) is 4.65. The number of hydrogen-bond donors (Lipinski definition) is 1. The summed E-state index contributed by atoms with van der Waals surface area (Å²) in [5, 5.41) is 0. The molecule has 1 aliphatic carbocycles. The van der Waals surface area contributed by atoms with Crippen molar-refractivity contribution in [2.45, 2.75) is 30.3 Å². The summed E-state index contributed by atoms with van der Waals surface area (Å²) in [6.45, 7) is 0.545. The van der Waals surface area contributed by atoms with Crippen LogP contribution in [0.1, 0.15) is 28.8 Å². The van der Waals surface area contributed by atoms with Crippen LogP contribution in [-0.4, -0.2) is 39.2 Å². The number of methoxy groups -OCH3 is 1. The van der Waals surface area contributed by atoms with E-state index in [-0.39, 0.29) is 23.6 Å². The van der Waals surface area contributed by atoms with Gasteiger partial charge < -0.3 is 19.1 Å². The number of nitrogens with zero attached hydrogens (tertiary/aromatic N) is 1. The van der Waals surface area contributed by atoms with E-state index in [1.165, 1.54) is 12.1 Å². The SMILES string of the molecule is COc1ccc(CN(C(=O)c2cccc(S(=O)(=O)Nc3ccc4c(c3)OCO4)c2)C2CC2)cc1. The summed E-state index contributed by atoms with van der Waals surface area (Å²) in [6.07, 6.45) is 1.87. The molecule has 9 heteroatoms. The van der Waals surface area contributed by atoms with Gasteiger partial charge in [-0.15, -0.1) is 0 Å². The van der Waals surface area contributed by atoms with Crippen LogP contribution in [0.2, 0.25) is 0 Å². The number of hydrogen-bond acceptors (Lipinski definition) is 6. The smallest absolute Gasteiger partial charge is 0.261 e. The molecule has 1 N–H and O–H groups in total. The lowest BCUT2D eigenvalue weighted by atomic mass is 10.1. The van der Waals surface area contributed by atoms with Gasteiger partial charge in [-0.3, -0.25) is 9.52 Å². The highest BCUT2D eigenvalue weighted by molar-refractivity contribution is 7.92. The van der Waals surface area contributed by atoms with E-state index in [1.807, 2.05) is 24.3 Å². The highest BCUT2D eigenvalue weighted by Gasteiger charge is 2.33. The number of benzene rings is 3. The molecule has 1 saturated carbocycles. The largest absolute Gasteiger partial charge is 0.497 e. The Morgan fingerprint density at radius 2 is 1.79 bits per heavy atom. The summed E-state index contributed by atoms with van der Waals surface area (Å²) in [7, 11) is -2.31. The molecule has 0 bridgehead atoms. The average molecular weight is 481 g/mol. The van der Waals surface area contributed by atoms with E-state index in [4.69, 9.17) is 14.2 Å². The van der Waals surface area contributed by atoms with Crippen LogP contribution in [0, 0.1) is 0 Å². The molecule has 8 nitrogen and oxygen atoms in total. The molecule has 3 aromatic carbocycles. The number of sulfonamides is 1. The molecule has 0 atom stereocenters. The van der Waals surface area contributed by atoms with E-state index in [9.17, 15) is 13.2 Å². The lowest BCUT2D eigenvalue weighted by molar-refractivity contribution is 0.0729. The molecule has 5 rings (SSSR count). The number of ether oxygens (including phenoxy) is 3. The lowest BCUT2D eigenvalue weighted by Crippen LogP contribution is -2.32. The number of carbonyl (C=O) groups is 1. The maximum atomic E-state index is 13.4. The van der Waals surface area contributed by atoms with Gasteiger partial charge in [-0.05, 0) is 60.9 Å². The van der Waals surface area contributed by atoms with E-state index in [1.54, 1.807) is 42.3 Å². The van der Waals surface area contributed by atoms with Crippen LogP contribution in [0.5, 0.6) is 17.2 Å². The van der Waals surface area contributed by atoms with Crippen LogP contribution >= 0.6 is 0 Å².